The highest BCUT2D eigenvalue weighted by atomic mass is 16.2. The molecule has 0 aliphatic carbocycles. The van der Waals surface area contributed by atoms with Crippen molar-refractivity contribution in [3.63, 3.8) is 0 Å². The molecule has 0 aromatic rings. The van der Waals surface area contributed by atoms with Crippen molar-refractivity contribution < 1.29 is 14.4 Å². The second kappa shape index (κ2) is 6.81. The largest absolute Gasteiger partial charge is 0.368 e. The van der Waals surface area contributed by atoms with Crippen LogP contribution in [0.15, 0.2) is 0 Å². The normalized spacial score (nSPS) is 13.7. The summed E-state index contributed by atoms with van der Waals surface area (Å²) in [6.07, 6.45) is 1.28. The summed E-state index contributed by atoms with van der Waals surface area (Å²) in [6.45, 7) is 4.74. The fourth-order valence-corrected chi connectivity index (χ4v) is 1.19. The van der Waals surface area contributed by atoms with E-state index in [1.165, 1.54) is 13.8 Å². The zero-order valence-corrected chi connectivity index (χ0v) is 9.87. The van der Waals surface area contributed by atoms with Gasteiger partial charge in [-0.05, 0) is 13.3 Å². The molecule has 4 N–H and O–H groups in total. The van der Waals surface area contributed by atoms with Gasteiger partial charge in [0.2, 0.25) is 17.7 Å². The Hall–Kier alpha value is -1.59. The molecule has 0 aromatic heterocycles. The van der Waals surface area contributed by atoms with Crippen LogP contribution in [0.4, 0.5) is 0 Å². The van der Waals surface area contributed by atoms with E-state index in [4.69, 9.17) is 5.73 Å². The Bertz CT molecular complexity index is 278. The molecule has 0 unspecified atom stereocenters. The van der Waals surface area contributed by atoms with Crippen LogP contribution in [0.2, 0.25) is 0 Å². The summed E-state index contributed by atoms with van der Waals surface area (Å²) in [5, 5.41) is 4.96. The zero-order valence-electron chi connectivity index (χ0n) is 9.87. The lowest BCUT2D eigenvalue weighted by Crippen LogP contribution is -2.51. The van der Waals surface area contributed by atoms with Crippen LogP contribution in [0.3, 0.4) is 0 Å². The predicted molar refractivity (Wildman–Crippen MR) is 59.3 cm³/mol. The number of nitrogens with two attached hydrogens (primary N) is 1. The first-order valence-electron chi connectivity index (χ1n) is 5.25. The maximum absolute atomic E-state index is 11.6. The first-order chi connectivity index (χ1) is 7.38. The Morgan fingerprint density at radius 3 is 2.19 bits per heavy atom. The molecule has 0 aliphatic rings. The van der Waals surface area contributed by atoms with E-state index in [1.54, 1.807) is 0 Å². The van der Waals surface area contributed by atoms with Crippen LogP contribution in [0.1, 0.15) is 33.6 Å². The van der Waals surface area contributed by atoms with Crippen molar-refractivity contribution in [3.05, 3.63) is 0 Å². The molecule has 0 aromatic carbocycles. The Kier molecular flexibility index (Phi) is 6.14. The molecule has 3 amide bonds. The number of primary amides is 1. The minimum atomic E-state index is -0.736. The van der Waals surface area contributed by atoms with E-state index in [0.29, 0.717) is 6.42 Å². The molecule has 0 spiro atoms. The molecule has 0 fully saturated rings. The summed E-state index contributed by atoms with van der Waals surface area (Å²) in [5.41, 5.74) is 5.02. The average Bonchev–Trinajstić information content (AvgIpc) is 2.16. The van der Waals surface area contributed by atoms with Crippen LogP contribution in [0.5, 0.6) is 0 Å². The van der Waals surface area contributed by atoms with Crippen LogP contribution < -0.4 is 16.4 Å². The van der Waals surface area contributed by atoms with Gasteiger partial charge in [0.25, 0.3) is 0 Å². The molecule has 6 nitrogen and oxygen atoms in total. The van der Waals surface area contributed by atoms with E-state index < -0.39 is 18.0 Å². The van der Waals surface area contributed by atoms with Crippen molar-refractivity contribution in [3.8, 4) is 0 Å². The fraction of sp³-hybridized carbons (Fsp3) is 0.700. The molecule has 2 atom stereocenters. The third kappa shape index (κ3) is 5.33. The molecule has 0 rings (SSSR count). The zero-order chi connectivity index (χ0) is 12.7. The molecule has 0 bridgehead atoms. The fourth-order valence-electron chi connectivity index (χ4n) is 1.19. The molecule has 0 aliphatic heterocycles. The van der Waals surface area contributed by atoms with Crippen molar-refractivity contribution >= 4 is 17.7 Å². The van der Waals surface area contributed by atoms with E-state index in [2.05, 4.69) is 10.6 Å². The molecule has 92 valence electrons. The third-order valence-electron chi connectivity index (χ3n) is 2.06. The highest BCUT2D eigenvalue weighted by molar-refractivity contribution is 5.90. The van der Waals surface area contributed by atoms with Gasteiger partial charge in [0.05, 0.1) is 0 Å². The van der Waals surface area contributed by atoms with E-state index in [0.717, 1.165) is 6.42 Å². The Balaban J connectivity index is 4.37. The summed E-state index contributed by atoms with van der Waals surface area (Å²) < 4.78 is 0. The van der Waals surface area contributed by atoms with E-state index in [1.807, 2.05) is 6.92 Å². The Morgan fingerprint density at radius 2 is 1.81 bits per heavy atom. The molecule has 0 radical (unpaired) electrons. The molecular weight excluding hydrogens is 210 g/mol. The minimum Gasteiger partial charge on any atom is -0.368 e. The highest BCUT2D eigenvalue weighted by Crippen LogP contribution is 1.97. The Labute approximate surface area is 94.9 Å². The van der Waals surface area contributed by atoms with Gasteiger partial charge in [0, 0.05) is 6.92 Å². The lowest BCUT2D eigenvalue weighted by Gasteiger charge is -2.18. The summed E-state index contributed by atoms with van der Waals surface area (Å²) in [5.74, 6) is -1.27. The maximum Gasteiger partial charge on any atom is 0.243 e. The van der Waals surface area contributed by atoms with Crippen LogP contribution >= 0.6 is 0 Å². The van der Waals surface area contributed by atoms with Gasteiger partial charge in [-0.2, -0.15) is 0 Å². The summed E-state index contributed by atoms with van der Waals surface area (Å²) in [6, 6.07) is -1.34. The number of carbonyl (C=O) groups is 3. The first kappa shape index (κ1) is 14.4. The number of hydrogen-bond acceptors (Lipinski definition) is 3. The number of rotatable bonds is 6. The van der Waals surface area contributed by atoms with Gasteiger partial charge < -0.3 is 16.4 Å². The third-order valence-corrected chi connectivity index (χ3v) is 2.06. The molecule has 16 heavy (non-hydrogen) atoms. The average molecular weight is 229 g/mol. The van der Waals surface area contributed by atoms with Crippen molar-refractivity contribution in [2.24, 2.45) is 5.73 Å². The lowest BCUT2D eigenvalue weighted by atomic mass is 10.1. The van der Waals surface area contributed by atoms with Gasteiger partial charge in [-0.25, -0.2) is 0 Å². The van der Waals surface area contributed by atoms with E-state index >= 15 is 0 Å². The molecule has 0 heterocycles. The Morgan fingerprint density at radius 1 is 1.25 bits per heavy atom. The van der Waals surface area contributed by atoms with Crippen LogP contribution in [-0.2, 0) is 14.4 Å². The number of carbonyl (C=O) groups excluding carboxylic acids is 3. The van der Waals surface area contributed by atoms with Crippen LogP contribution in [-0.4, -0.2) is 29.8 Å². The number of nitrogens with one attached hydrogen (secondary N) is 2. The molecule has 0 saturated carbocycles. The molecule has 0 saturated heterocycles. The highest BCUT2D eigenvalue weighted by Gasteiger charge is 2.21. The topological polar surface area (TPSA) is 101 Å². The van der Waals surface area contributed by atoms with Gasteiger partial charge >= 0.3 is 0 Å². The van der Waals surface area contributed by atoms with Crippen molar-refractivity contribution in [2.45, 2.75) is 45.7 Å². The van der Waals surface area contributed by atoms with Crippen molar-refractivity contribution in [1.82, 2.24) is 10.6 Å². The maximum atomic E-state index is 11.6. The summed E-state index contributed by atoms with van der Waals surface area (Å²) in [7, 11) is 0. The van der Waals surface area contributed by atoms with E-state index in [-0.39, 0.29) is 11.8 Å². The molecule has 6 heteroatoms. The van der Waals surface area contributed by atoms with Crippen molar-refractivity contribution in [2.75, 3.05) is 0 Å². The minimum absolute atomic E-state index is 0.277. The SMILES string of the molecule is CCC[C@@H](NC(C)=O)C(=O)N[C@@H](C)C(N)=O. The number of hydrogen-bond donors (Lipinski definition) is 3. The number of amides is 3. The monoisotopic (exact) mass is 229 g/mol. The first-order valence-corrected chi connectivity index (χ1v) is 5.25. The van der Waals surface area contributed by atoms with Crippen LogP contribution in [0, 0.1) is 0 Å². The van der Waals surface area contributed by atoms with Gasteiger partial charge in [0.1, 0.15) is 12.1 Å². The van der Waals surface area contributed by atoms with E-state index in [9.17, 15) is 14.4 Å². The second-order valence-corrected chi connectivity index (χ2v) is 3.67. The summed E-state index contributed by atoms with van der Waals surface area (Å²) >= 11 is 0. The predicted octanol–water partition coefficient (Wildman–Crippen LogP) is -0.719. The molecular formula is C10H19N3O3. The van der Waals surface area contributed by atoms with Gasteiger partial charge in [-0.1, -0.05) is 13.3 Å². The van der Waals surface area contributed by atoms with Gasteiger partial charge in [-0.15, -0.1) is 0 Å². The smallest absolute Gasteiger partial charge is 0.243 e. The van der Waals surface area contributed by atoms with Crippen molar-refractivity contribution in [1.29, 1.82) is 0 Å². The van der Waals surface area contributed by atoms with Crippen LogP contribution in [0.25, 0.3) is 0 Å². The summed E-state index contributed by atoms with van der Waals surface area (Å²) in [4.78, 5) is 33.3. The second-order valence-electron chi connectivity index (χ2n) is 3.67. The van der Waals surface area contributed by atoms with Gasteiger partial charge in [-0.3, -0.25) is 14.4 Å². The standard InChI is InChI=1S/C10H19N3O3/c1-4-5-8(13-7(3)14)10(16)12-6(2)9(11)15/h6,8H,4-5H2,1-3H3,(H2,11,15)(H,12,16)(H,13,14)/t6-,8+/m0/s1. The lowest BCUT2D eigenvalue weighted by molar-refractivity contribution is -0.130. The van der Waals surface area contributed by atoms with Gasteiger partial charge in [0.15, 0.2) is 0 Å². The quantitative estimate of drug-likeness (QED) is 0.560.